The second kappa shape index (κ2) is 6.17. The van der Waals surface area contributed by atoms with E-state index < -0.39 is 5.82 Å². The van der Waals surface area contributed by atoms with Crippen LogP contribution in [0.3, 0.4) is 0 Å². The van der Waals surface area contributed by atoms with E-state index in [0.29, 0.717) is 5.56 Å². The van der Waals surface area contributed by atoms with Gasteiger partial charge in [-0.3, -0.25) is 4.79 Å². The quantitative estimate of drug-likeness (QED) is 0.873. The van der Waals surface area contributed by atoms with Crippen LogP contribution in [0.5, 0.6) is 0 Å². The number of nitrogens with one attached hydrogen (secondary N) is 1. The van der Waals surface area contributed by atoms with Crippen molar-refractivity contribution in [2.75, 3.05) is 6.54 Å². The lowest BCUT2D eigenvalue weighted by molar-refractivity contribution is -0.120. The number of hydrogen-bond acceptors (Lipinski definition) is 4. The molecule has 2 aromatic rings. The highest BCUT2D eigenvalue weighted by Crippen LogP contribution is 2.26. The highest BCUT2D eigenvalue weighted by molar-refractivity contribution is 6.33. The molecule has 0 atom stereocenters. The van der Waals surface area contributed by atoms with Gasteiger partial charge in [-0.2, -0.15) is 4.98 Å². The predicted molar refractivity (Wildman–Crippen MR) is 70.2 cm³/mol. The predicted octanol–water partition coefficient (Wildman–Crippen LogP) is 1.82. The molecule has 1 aromatic carbocycles. The normalized spacial score (nSPS) is 10.1. The van der Waals surface area contributed by atoms with Crippen LogP contribution in [0.15, 0.2) is 22.7 Å². The SMILES string of the molecule is C#CCNC(=O)Cc1nc(-c2ccc(F)cc2Cl)no1. The highest BCUT2D eigenvalue weighted by atomic mass is 35.5. The van der Waals surface area contributed by atoms with Gasteiger partial charge >= 0.3 is 0 Å². The van der Waals surface area contributed by atoms with Crippen LogP contribution in [0, 0.1) is 18.2 Å². The molecule has 0 saturated carbocycles. The molecule has 0 unspecified atom stereocenters. The molecule has 0 aliphatic rings. The minimum atomic E-state index is -0.462. The van der Waals surface area contributed by atoms with Crippen LogP contribution in [0.1, 0.15) is 5.89 Å². The topological polar surface area (TPSA) is 68.0 Å². The Bertz CT molecular complexity index is 678. The molecule has 0 aliphatic heterocycles. The Labute approximate surface area is 119 Å². The van der Waals surface area contributed by atoms with Crippen LogP contribution in [-0.4, -0.2) is 22.6 Å². The second-order valence-electron chi connectivity index (χ2n) is 3.79. The summed E-state index contributed by atoms with van der Waals surface area (Å²) in [5.74, 6) is 1.79. The number of carbonyl (C=O) groups excluding carboxylic acids is 1. The van der Waals surface area contributed by atoms with Crippen molar-refractivity contribution in [3.05, 3.63) is 34.9 Å². The number of terminal acetylenes is 1. The van der Waals surface area contributed by atoms with Gasteiger partial charge in [-0.05, 0) is 18.2 Å². The Morgan fingerprint density at radius 1 is 1.55 bits per heavy atom. The van der Waals surface area contributed by atoms with Crippen LogP contribution in [0.2, 0.25) is 5.02 Å². The highest BCUT2D eigenvalue weighted by Gasteiger charge is 2.14. The first-order valence-electron chi connectivity index (χ1n) is 5.58. The first kappa shape index (κ1) is 14.0. The third-order valence-electron chi connectivity index (χ3n) is 2.34. The minimum absolute atomic E-state index is 0.0898. The summed E-state index contributed by atoms with van der Waals surface area (Å²) in [5.41, 5.74) is 0.423. The van der Waals surface area contributed by atoms with Gasteiger partial charge in [-0.25, -0.2) is 4.39 Å². The van der Waals surface area contributed by atoms with E-state index in [1.165, 1.54) is 12.1 Å². The number of halogens is 2. The molecule has 1 heterocycles. The maximum atomic E-state index is 12.9. The van der Waals surface area contributed by atoms with Gasteiger partial charge in [0, 0.05) is 5.56 Å². The van der Waals surface area contributed by atoms with Gasteiger partial charge in [0.25, 0.3) is 0 Å². The lowest BCUT2D eigenvalue weighted by atomic mass is 10.2. The summed E-state index contributed by atoms with van der Waals surface area (Å²) < 4.78 is 17.9. The summed E-state index contributed by atoms with van der Waals surface area (Å²) in [7, 11) is 0. The fourth-order valence-electron chi connectivity index (χ4n) is 1.46. The molecule has 0 fully saturated rings. The van der Waals surface area contributed by atoms with Crippen LogP contribution in [0.4, 0.5) is 4.39 Å². The molecule has 0 bridgehead atoms. The third kappa shape index (κ3) is 3.33. The summed E-state index contributed by atoms with van der Waals surface area (Å²) in [6.07, 6.45) is 4.93. The summed E-state index contributed by atoms with van der Waals surface area (Å²) in [6.45, 7) is 0.129. The number of benzene rings is 1. The Balaban J connectivity index is 2.13. The average molecular weight is 294 g/mol. The largest absolute Gasteiger partial charge is 0.345 e. The average Bonchev–Trinajstić information content (AvgIpc) is 2.84. The van der Waals surface area contributed by atoms with Crippen LogP contribution < -0.4 is 5.32 Å². The number of nitrogens with zero attached hydrogens (tertiary/aromatic N) is 2. The summed E-state index contributed by atoms with van der Waals surface area (Å²) in [6, 6.07) is 3.81. The van der Waals surface area contributed by atoms with Crippen molar-refractivity contribution in [1.29, 1.82) is 0 Å². The van der Waals surface area contributed by atoms with Crippen molar-refractivity contribution < 1.29 is 13.7 Å². The molecule has 0 spiro atoms. The molecule has 2 rings (SSSR count). The first-order chi connectivity index (χ1) is 9.60. The number of amides is 1. The number of rotatable bonds is 4. The molecule has 1 N–H and O–H groups in total. The zero-order chi connectivity index (χ0) is 14.5. The van der Waals surface area contributed by atoms with Crippen molar-refractivity contribution >= 4 is 17.5 Å². The molecule has 7 heteroatoms. The van der Waals surface area contributed by atoms with Gasteiger partial charge in [0.15, 0.2) is 0 Å². The molecule has 0 aliphatic carbocycles. The van der Waals surface area contributed by atoms with E-state index in [0.717, 1.165) is 6.07 Å². The summed E-state index contributed by atoms with van der Waals surface area (Å²) in [5, 5.41) is 6.33. The van der Waals surface area contributed by atoms with E-state index in [1.807, 2.05) is 0 Å². The molecule has 1 aromatic heterocycles. The Kier molecular flexibility index (Phi) is 4.33. The smallest absolute Gasteiger partial charge is 0.236 e. The van der Waals surface area contributed by atoms with Crippen molar-refractivity contribution in [3.8, 4) is 23.7 Å². The maximum absolute atomic E-state index is 12.9. The van der Waals surface area contributed by atoms with E-state index in [9.17, 15) is 9.18 Å². The van der Waals surface area contributed by atoms with Crippen LogP contribution in [0.25, 0.3) is 11.4 Å². The van der Waals surface area contributed by atoms with Crippen molar-refractivity contribution in [2.24, 2.45) is 0 Å². The molecular weight excluding hydrogens is 285 g/mol. The first-order valence-corrected chi connectivity index (χ1v) is 5.96. The van der Waals surface area contributed by atoms with Gasteiger partial charge in [0.2, 0.25) is 17.6 Å². The lowest BCUT2D eigenvalue weighted by Crippen LogP contribution is -2.25. The Morgan fingerprint density at radius 2 is 2.35 bits per heavy atom. The number of hydrogen-bond donors (Lipinski definition) is 1. The van der Waals surface area contributed by atoms with Gasteiger partial charge < -0.3 is 9.84 Å². The van der Waals surface area contributed by atoms with Gasteiger partial charge in [-0.1, -0.05) is 22.7 Å². The van der Waals surface area contributed by atoms with Gasteiger partial charge in [-0.15, -0.1) is 6.42 Å². The van der Waals surface area contributed by atoms with Crippen LogP contribution >= 0.6 is 11.6 Å². The van der Waals surface area contributed by atoms with E-state index >= 15 is 0 Å². The Morgan fingerprint density at radius 3 is 3.05 bits per heavy atom. The van der Waals surface area contributed by atoms with Gasteiger partial charge in [0.05, 0.1) is 11.6 Å². The van der Waals surface area contributed by atoms with Crippen molar-refractivity contribution in [2.45, 2.75) is 6.42 Å². The maximum Gasteiger partial charge on any atom is 0.236 e. The van der Waals surface area contributed by atoms with Crippen molar-refractivity contribution in [3.63, 3.8) is 0 Å². The monoisotopic (exact) mass is 293 g/mol. The molecule has 102 valence electrons. The third-order valence-corrected chi connectivity index (χ3v) is 2.65. The fraction of sp³-hybridized carbons (Fsp3) is 0.154. The van der Waals surface area contributed by atoms with Crippen molar-refractivity contribution in [1.82, 2.24) is 15.5 Å². The minimum Gasteiger partial charge on any atom is -0.345 e. The van der Waals surface area contributed by atoms with E-state index in [-0.39, 0.29) is 35.6 Å². The molecule has 0 radical (unpaired) electrons. The molecule has 1 amide bonds. The zero-order valence-corrected chi connectivity index (χ0v) is 10.9. The summed E-state index contributed by atoms with van der Waals surface area (Å²) in [4.78, 5) is 15.4. The second-order valence-corrected chi connectivity index (χ2v) is 4.20. The fourth-order valence-corrected chi connectivity index (χ4v) is 1.71. The zero-order valence-electron chi connectivity index (χ0n) is 10.2. The van der Waals surface area contributed by atoms with E-state index in [2.05, 4.69) is 21.4 Å². The Hall–Kier alpha value is -2.39. The molecule has 0 saturated heterocycles. The molecule has 20 heavy (non-hydrogen) atoms. The molecule has 5 nitrogen and oxygen atoms in total. The molecular formula is C13H9ClFN3O2. The van der Waals surface area contributed by atoms with Crippen LogP contribution in [-0.2, 0) is 11.2 Å². The standard InChI is InChI=1S/C13H9ClFN3O2/c1-2-5-16-11(19)7-12-17-13(18-20-12)9-4-3-8(15)6-10(9)14/h1,3-4,6H,5,7H2,(H,16,19). The number of aromatic nitrogens is 2. The number of carbonyl (C=O) groups is 1. The van der Waals surface area contributed by atoms with Gasteiger partial charge in [0.1, 0.15) is 12.2 Å². The summed E-state index contributed by atoms with van der Waals surface area (Å²) >= 11 is 5.88. The lowest BCUT2D eigenvalue weighted by Gasteiger charge is -1.98. The van der Waals surface area contributed by atoms with E-state index in [4.69, 9.17) is 22.5 Å². The van der Waals surface area contributed by atoms with E-state index in [1.54, 1.807) is 0 Å².